The van der Waals surface area contributed by atoms with Gasteiger partial charge in [0, 0.05) is 17.0 Å². The molecule has 2 aromatic rings. The maximum absolute atomic E-state index is 8.64. The fourth-order valence-corrected chi connectivity index (χ4v) is 1.57. The van der Waals surface area contributed by atoms with Crippen LogP contribution < -0.4 is 5.73 Å². The summed E-state index contributed by atoms with van der Waals surface area (Å²) < 4.78 is 1.45. The van der Waals surface area contributed by atoms with E-state index in [0.29, 0.717) is 17.3 Å². The predicted molar refractivity (Wildman–Crippen MR) is 62.4 cm³/mol. The fourth-order valence-electron chi connectivity index (χ4n) is 1.57. The highest BCUT2D eigenvalue weighted by molar-refractivity contribution is 5.44. The van der Waals surface area contributed by atoms with Crippen molar-refractivity contribution in [2.45, 2.75) is 20.3 Å². The summed E-state index contributed by atoms with van der Waals surface area (Å²) in [6.45, 7) is 3.77. The third kappa shape index (κ3) is 2.08. The van der Waals surface area contributed by atoms with Crippen LogP contribution in [0.2, 0.25) is 0 Å². The van der Waals surface area contributed by atoms with Gasteiger partial charge in [-0.25, -0.2) is 9.97 Å². The van der Waals surface area contributed by atoms with Crippen molar-refractivity contribution in [3.8, 4) is 12.0 Å². The predicted octanol–water partition coefficient (Wildman–Crippen LogP) is 0.927. The molecule has 6 heteroatoms. The summed E-state index contributed by atoms with van der Waals surface area (Å²) in [6, 6.07) is 3.91. The summed E-state index contributed by atoms with van der Waals surface area (Å²) in [5, 5.41) is 12.7. The Kier molecular flexibility index (Phi) is 2.75. The molecule has 0 spiro atoms. The maximum atomic E-state index is 8.64. The van der Waals surface area contributed by atoms with Crippen LogP contribution in [0, 0.1) is 25.2 Å². The second kappa shape index (κ2) is 4.22. The van der Waals surface area contributed by atoms with Gasteiger partial charge in [0.15, 0.2) is 0 Å². The lowest BCUT2D eigenvalue weighted by Gasteiger charge is -2.04. The van der Waals surface area contributed by atoms with Crippen molar-refractivity contribution >= 4 is 5.82 Å². The Morgan fingerprint density at radius 1 is 1.35 bits per heavy atom. The summed E-state index contributed by atoms with van der Waals surface area (Å²) in [5.74, 6) is 0.848. The van der Waals surface area contributed by atoms with E-state index in [1.54, 1.807) is 6.20 Å². The minimum atomic E-state index is 0.233. The Hall–Kier alpha value is -2.42. The number of nitrogens with two attached hydrogens (primary N) is 1. The molecule has 17 heavy (non-hydrogen) atoms. The van der Waals surface area contributed by atoms with Crippen LogP contribution in [0.1, 0.15) is 17.0 Å². The Morgan fingerprint density at radius 2 is 2.00 bits per heavy atom. The molecular weight excluding hydrogens is 216 g/mol. The van der Waals surface area contributed by atoms with Crippen molar-refractivity contribution in [1.29, 1.82) is 5.26 Å². The summed E-state index contributed by atoms with van der Waals surface area (Å²) in [7, 11) is 0. The van der Waals surface area contributed by atoms with Crippen molar-refractivity contribution in [2.24, 2.45) is 0 Å². The topological polar surface area (TPSA) is 93.4 Å². The number of nitrogen functional groups attached to an aromatic ring is 1. The molecule has 0 aliphatic carbocycles. The second-order valence-electron chi connectivity index (χ2n) is 3.75. The highest BCUT2D eigenvalue weighted by Crippen LogP contribution is 2.15. The normalized spacial score (nSPS) is 10.2. The molecule has 0 aromatic carbocycles. The lowest BCUT2D eigenvalue weighted by Crippen LogP contribution is -2.08. The first kappa shape index (κ1) is 11.1. The van der Waals surface area contributed by atoms with Gasteiger partial charge in [-0.2, -0.15) is 15.0 Å². The number of nitriles is 1. The van der Waals surface area contributed by atoms with Crippen molar-refractivity contribution in [3.63, 3.8) is 0 Å². The maximum Gasteiger partial charge on any atom is 0.252 e. The average Bonchev–Trinajstić information content (AvgIpc) is 2.60. The molecule has 0 saturated carbocycles. The zero-order chi connectivity index (χ0) is 12.4. The zero-order valence-corrected chi connectivity index (χ0v) is 9.68. The number of nitrogens with zero attached hydrogens (tertiary/aromatic N) is 5. The molecule has 2 rings (SSSR count). The SMILES string of the molecule is Cc1cc(C)nc(-n2ncc(CC#N)c2N)n1. The Labute approximate surface area is 98.7 Å². The zero-order valence-electron chi connectivity index (χ0n) is 9.68. The van der Waals surface area contributed by atoms with Gasteiger partial charge >= 0.3 is 0 Å². The molecule has 86 valence electrons. The van der Waals surface area contributed by atoms with Gasteiger partial charge < -0.3 is 5.73 Å². The molecule has 2 N–H and O–H groups in total. The van der Waals surface area contributed by atoms with Gasteiger partial charge in [0.1, 0.15) is 5.82 Å². The first-order valence-electron chi connectivity index (χ1n) is 5.14. The largest absolute Gasteiger partial charge is 0.383 e. The second-order valence-corrected chi connectivity index (χ2v) is 3.75. The monoisotopic (exact) mass is 228 g/mol. The molecule has 0 aliphatic rings. The van der Waals surface area contributed by atoms with Crippen molar-refractivity contribution in [3.05, 3.63) is 29.2 Å². The van der Waals surface area contributed by atoms with Gasteiger partial charge in [-0.3, -0.25) is 0 Å². The third-order valence-electron chi connectivity index (χ3n) is 2.32. The molecule has 0 bridgehead atoms. The van der Waals surface area contributed by atoms with Crippen molar-refractivity contribution in [2.75, 3.05) is 5.73 Å². The number of aromatic nitrogens is 4. The number of rotatable bonds is 2. The minimum Gasteiger partial charge on any atom is -0.383 e. The Morgan fingerprint density at radius 3 is 2.59 bits per heavy atom. The molecule has 0 amide bonds. The van der Waals surface area contributed by atoms with Crippen LogP contribution in [0.15, 0.2) is 12.3 Å². The summed E-state index contributed by atoms with van der Waals surface area (Å²) in [4.78, 5) is 8.53. The van der Waals surface area contributed by atoms with E-state index in [-0.39, 0.29) is 6.42 Å². The Bertz CT molecular complexity index is 572. The molecule has 2 heterocycles. The molecule has 0 aliphatic heterocycles. The first-order chi connectivity index (χ1) is 8.11. The smallest absolute Gasteiger partial charge is 0.252 e. The van der Waals surface area contributed by atoms with E-state index in [0.717, 1.165) is 11.4 Å². The van der Waals surface area contributed by atoms with E-state index in [4.69, 9.17) is 11.0 Å². The van der Waals surface area contributed by atoms with E-state index < -0.39 is 0 Å². The van der Waals surface area contributed by atoms with Gasteiger partial charge in [-0.05, 0) is 19.9 Å². The fraction of sp³-hybridized carbons (Fsp3) is 0.273. The van der Waals surface area contributed by atoms with Crippen LogP contribution >= 0.6 is 0 Å². The summed E-state index contributed by atoms with van der Waals surface area (Å²) in [6.07, 6.45) is 1.80. The summed E-state index contributed by atoms with van der Waals surface area (Å²) in [5.41, 5.74) is 8.28. The molecule has 2 aromatic heterocycles. The quantitative estimate of drug-likeness (QED) is 0.825. The van der Waals surface area contributed by atoms with Crippen LogP contribution in [0.4, 0.5) is 5.82 Å². The average molecular weight is 228 g/mol. The van der Waals surface area contributed by atoms with Crippen LogP contribution in [-0.4, -0.2) is 19.7 Å². The molecule has 0 atom stereocenters. The van der Waals surface area contributed by atoms with Gasteiger partial charge in [0.05, 0.1) is 18.7 Å². The molecule has 6 nitrogen and oxygen atoms in total. The van der Waals surface area contributed by atoms with Gasteiger partial charge in [-0.1, -0.05) is 0 Å². The standard InChI is InChI=1S/C11H12N6/c1-7-5-8(2)16-11(15-7)17-10(13)9(3-4-12)6-14-17/h5-6H,3,13H2,1-2H3. The van der Waals surface area contributed by atoms with E-state index in [1.165, 1.54) is 4.68 Å². The van der Waals surface area contributed by atoms with Crippen LogP contribution in [0.25, 0.3) is 5.95 Å². The first-order valence-corrected chi connectivity index (χ1v) is 5.14. The third-order valence-corrected chi connectivity index (χ3v) is 2.32. The Balaban J connectivity index is 2.50. The molecule has 0 fully saturated rings. The van der Waals surface area contributed by atoms with Gasteiger partial charge in [0.25, 0.3) is 5.95 Å². The van der Waals surface area contributed by atoms with E-state index in [2.05, 4.69) is 15.1 Å². The van der Waals surface area contributed by atoms with Crippen molar-refractivity contribution < 1.29 is 0 Å². The highest BCUT2D eigenvalue weighted by Gasteiger charge is 2.11. The number of aryl methyl sites for hydroxylation is 2. The summed E-state index contributed by atoms with van der Waals surface area (Å²) >= 11 is 0. The number of hydrogen-bond donors (Lipinski definition) is 1. The lowest BCUT2D eigenvalue weighted by molar-refractivity contribution is 0.802. The van der Waals surface area contributed by atoms with Crippen LogP contribution in [-0.2, 0) is 6.42 Å². The number of hydrogen-bond acceptors (Lipinski definition) is 5. The molecule has 0 unspecified atom stereocenters. The minimum absolute atomic E-state index is 0.233. The molecular formula is C11H12N6. The van der Waals surface area contributed by atoms with E-state index in [9.17, 15) is 0 Å². The lowest BCUT2D eigenvalue weighted by atomic mass is 10.2. The van der Waals surface area contributed by atoms with Gasteiger partial charge in [0.2, 0.25) is 0 Å². The number of anilines is 1. The van der Waals surface area contributed by atoms with E-state index in [1.807, 2.05) is 26.0 Å². The van der Waals surface area contributed by atoms with Crippen LogP contribution in [0.3, 0.4) is 0 Å². The highest BCUT2D eigenvalue weighted by atomic mass is 15.4. The van der Waals surface area contributed by atoms with Gasteiger partial charge in [-0.15, -0.1) is 0 Å². The molecule has 0 saturated heterocycles. The van der Waals surface area contributed by atoms with E-state index >= 15 is 0 Å². The van der Waals surface area contributed by atoms with Crippen LogP contribution in [0.5, 0.6) is 0 Å². The van der Waals surface area contributed by atoms with Crippen molar-refractivity contribution in [1.82, 2.24) is 19.7 Å². The molecule has 0 radical (unpaired) electrons.